The molecule has 8 heteroatoms. The molecule has 0 aliphatic carbocycles. The molecule has 0 spiro atoms. The maximum Gasteiger partial charge on any atom is 0.308 e. The molecule has 0 saturated carbocycles. The third-order valence-electron chi connectivity index (χ3n) is 4.64. The molecule has 0 saturated heterocycles. The van der Waals surface area contributed by atoms with E-state index in [-0.39, 0.29) is 24.8 Å². The number of carbonyl (C=O) groups is 4. The highest BCUT2D eigenvalue weighted by Crippen LogP contribution is 2.18. The third kappa shape index (κ3) is 7.93. The average Bonchev–Trinajstić information content (AvgIpc) is 2.74. The highest BCUT2D eigenvalue weighted by Gasteiger charge is 2.19. The fourth-order valence-corrected chi connectivity index (χ4v) is 2.87. The minimum atomic E-state index is -0.641. The summed E-state index contributed by atoms with van der Waals surface area (Å²) in [4.78, 5) is 47.5. The quantitative estimate of drug-likeness (QED) is 0.533. The van der Waals surface area contributed by atoms with Gasteiger partial charge in [0.05, 0.1) is 19.0 Å². The van der Waals surface area contributed by atoms with E-state index in [4.69, 9.17) is 4.74 Å². The number of benzene rings is 2. The Morgan fingerprint density at radius 1 is 0.935 bits per heavy atom. The molecule has 0 radical (unpaired) electrons. The van der Waals surface area contributed by atoms with Crippen LogP contribution in [-0.2, 0) is 23.9 Å². The third-order valence-corrected chi connectivity index (χ3v) is 4.64. The maximum absolute atomic E-state index is 12.1. The Balaban J connectivity index is 1.78. The van der Waals surface area contributed by atoms with Gasteiger partial charge in [-0.2, -0.15) is 0 Å². The highest BCUT2D eigenvalue weighted by atomic mass is 16.5. The van der Waals surface area contributed by atoms with Gasteiger partial charge in [0.1, 0.15) is 0 Å². The molecule has 8 nitrogen and oxygen atoms in total. The standard InChI is InChI=1S/C23H27N3O5/c1-15-8-7-11-19(16(15)2)26-21(28)13-24-22(29)14-31-23(30)12-20(25-17(3)27)18-9-5-4-6-10-18/h4-11,20H,12-14H2,1-3H3,(H,24,29)(H,25,27)(H,26,28)/t20-/m0/s1. The zero-order chi connectivity index (χ0) is 22.8. The molecular weight excluding hydrogens is 398 g/mol. The second-order valence-corrected chi connectivity index (χ2v) is 7.10. The topological polar surface area (TPSA) is 114 Å². The first-order chi connectivity index (χ1) is 14.8. The van der Waals surface area contributed by atoms with Crippen molar-refractivity contribution in [2.75, 3.05) is 18.5 Å². The number of ether oxygens (including phenoxy) is 1. The van der Waals surface area contributed by atoms with Gasteiger partial charge in [0.15, 0.2) is 6.61 Å². The second kappa shape index (κ2) is 11.5. The molecule has 31 heavy (non-hydrogen) atoms. The van der Waals surface area contributed by atoms with Crippen LogP contribution in [-0.4, -0.2) is 36.8 Å². The van der Waals surface area contributed by atoms with Crippen LogP contribution >= 0.6 is 0 Å². The first-order valence-electron chi connectivity index (χ1n) is 9.86. The lowest BCUT2D eigenvalue weighted by atomic mass is 10.0. The van der Waals surface area contributed by atoms with E-state index in [1.54, 1.807) is 30.3 Å². The van der Waals surface area contributed by atoms with Crippen LogP contribution < -0.4 is 16.0 Å². The molecule has 2 aromatic carbocycles. The van der Waals surface area contributed by atoms with Crippen molar-refractivity contribution in [3.63, 3.8) is 0 Å². The van der Waals surface area contributed by atoms with E-state index in [0.29, 0.717) is 5.69 Å². The first-order valence-corrected chi connectivity index (χ1v) is 9.86. The lowest BCUT2D eigenvalue weighted by molar-refractivity contribution is -0.149. The number of hydrogen-bond donors (Lipinski definition) is 3. The van der Waals surface area contributed by atoms with Gasteiger partial charge in [-0.25, -0.2) is 0 Å². The van der Waals surface area contributed by atoms with E-state index in [2.05, 4.69) is 16.0 Å². The van der Waals surface area contributed by atoms with Crippen molar-refractivity contribution in [1.82, 2.24) is 10.6 Å². The van der Waals surface area contributed by atoms with Gasteiger partial charge < -0.3 is 20.7 Å². The van der Waals surface area contributed by atoms with E-state index in [0.717, 1.165) is 16.7 Å². The molecule has 3 N–H and O–H groups in total. The van der Waals surface area contributed by atoms with Crippen LogP contribution in [0.2, 0.25) is 0 Å². The fraction of sp³-hybridized carbons (Fsp3) is 0.304. The Hall–Kier alpha value is -3.68. The summed E-state index contributed by atoms with van der Waals surface area (Å²) in [7, 11) is 0. The number of aryl methyl sites for hydroxylation is 1. The molecule has 0 aromatic heterocycles. The van der Waals surface area contributed by atoms with Crippen molar-refractivity contribution in [2.24, 2.45) is 0 Å². The second-order valence-electron chi connectivity index (χ2n) is 7.10. The predicted octanol–water partition coefficient (Wildman–Crippen LogP) is 2.17. The van der Waals surface area contributed by atoms with Gasteiger partial charge in [-0.3, -0.25) is 19.2 Å². The largest absolute Gasteiger partial charge is 0.456 e. The summed E-state index contributed by atoms with van der Waals surface area (Å²) in [5, 5.41) is 7.84. The summed E-state index contributed by atoms with van der Waals surface area (Å²) in [6.07, 6.45) is -0.121. The van der Waals surface area contributed by atoms with E-state index in [1.165, 1.54) is 6.92 Å². The van der Waals surface area contributed by atoms with Crippen LogP contribution in [0.25, 0.3) is 0 Å². The first kappa shape index (κ1) is 23.6. The number of anilines is 1. The van der Waals surface area contributed by atoms with Crippen LogP contribution in [0.5, 0.6) is 0 Å². The van der Waals surface area contributed by atoms with Gasteiger partial charge in [-0.1, -0.05) is 42.5 Å². The molecule has 2 aromatic rings. The van der Waals surface area contributed by atoms with Crippen molar-refractivity contribution in [3.8, 4) is 0 Å². The van der Waals surface area contributed by atoms with Gasteiger partial charge >= 0.3 is 5.97 Å². The Labute approximate surface area is 181 Å². The Bertz CT molecular complexity index is 943. The summed E-state index contributed by atoms with van der Waals surface area (Å²) >= 11 is 0. The van der Waals surface area contributed by atoms with Crippen molar-refractivity contribution in [1.29, 1.82) is 0 Å². The van der Waals surface area contributed by atoms with E-state index >= 15 is 0 Å². The van der Waals surface area contributed by atoms with Gasteiger partial charge in [0.25, 0.3) is 5.91 Å². The summed E-state index contributed by atoms with van der Waals surface area (Å²) < 4.78 is 4.99. The number of esters is 1. The van der Waals surface area contributed by atoms with Crippen molar-refractivity contribution in [3.05, 3.63) is 65.2 Å². The van der Waals surface area contributed by atoms with E-state index in [9.17, 15) is 19.2 Å². The van der Waals surface area contributed by atoms with Crippen LogP contribution in [0.4, 0.5) is 5.69 Å². The SMILES string of the molecule is CC(=O)N[C@@H](CC(=O)OCC(=O)NCC(=O)Nc1cccc(C)c1C)c1ccccc1. The molecule has 0 heterocycles. The summed E-state index contributed by atoms with van der Waals surface area (Å²) in [5.41, 5.74) is 3.42. The fourth-order valence-electron chi connectivity index (χ4n) is 2.87. The molecule has 164 valence electrons. The number of carbonyl (C=O) groups excluding carboxylic acids is 4. The number of nitrogens with one attached hydrogen (secondary N) is 3. The Kier molecular flexibility index (Phi) is 8.75. The lowest BCUT2D eigenvalue weighted by Crippen LogP contribution is -2.36. The number of hydrogen-bond acceptors (Lipinski definition) is 5. The summed E-state index contributed by atoms with van der Waals surface area (Å²) in [6, 6.07) is 14.0. The highest BCUT2D eigenvalue weighted by molar-refractivity contribution is 5.95. The predicted molar refractivity (Wildman–Crippen MR) is 116 cm³/mol. The Morgan fingerprint density at radius 3 is 2.32 bits per heavy atom. The lowest BCUT2D eigenvalue weighted by Gasteiger charge is -2.17. The minimum Gasteiger partial charge on any atom is -0.456 e. The van der Waals surface area contributed by atoms with E-state index in [1.807, 2.05) is 32.0 Å². The van der Waals surface area contributed by atoms with Crippen LogP contribution in [0, 0.1) is 13.8 Å². The summed E-state index contributed by atoms with van der Waals surface area (Å²) in [5.74, 6) is -1.91. The van der Waals surface area contributed by atoms with Crippen LogP contribution in [0.1, 0.15) is 36.1 Å². The normalized spacial score (nSPS) is 11.2. The van der Waals surface area contributed by atoms with Gasteiger partial charge in [0, 0.05) is 12.6 Å². The minimum absolute atomic E-state index is 0.121. The van der Waals surface area contributed by atoms with Gasteiger partial charge in [-0.05, 0) is 36.6 Å². The summed E-state index contributed by atoms with van der Waals surface area (Å²) in [6.45, 7) is 4.43. The molecule has 0 aliphatic heterocycles. The van der Waals surface area contributed by atoms with Gasteiger partial charge in [0.2, 0.25) is 11.8 Å². The Morgan fingerprint density at radius 2 is 1.65 bits per heavy atom. The van der Waals surface area contributed by atoms with E-state index < -0.39 is 24.5 Å². The van der Waals surface area contributed by atoms with Crippen LogP contribution in [0.3, 0.4) is 0 Å². The molecule has 0 aliphatic rings. The zero-order valence-electron chi connectivity index (χ0n) is 17.9. The average molecular weight is 425 g/mol. The van der Waals surface area contributed by atoms with Crippen molar-refractivity contribution < 1.29 is 23.9 Å². The molecule has 0 fully saturated rings. The molecule has 1 atom stereocenters. The number of amides is 3. The van der Waals surface area contributed by atoms with Crippen molar-refractivity contribution >= 4 is 29.4 Å². The van der Waals surface area contributed by atoms with Crippen molar-refractivity contribution in [2.45, 2.75) is 33.2 Å². The molecule has 2 rings (SSSR count). The molecule has 0 bridgehead atoms. The number of rotatable bonds is 9. The monoisotopic (exact) mass is 425 g/mol. The zero-order valence-corrected chi connectivity index (χ0v) is 17.9. The molecule has 0 unspecified atom stereocenters. The molecule has 3 amide bonds. The maximum atomic E-state index is 12.1. The molecular formula is C23H27N3O5. The van der Waals surface area contributed by atoms with Gasteiger partial charge in [-0.15, -0.1) is 0 Å². The smallest absolute Gasteiger partial charge is 0.308 e. The van der Waals surface area contributed by atoms with Crippen LogP contribution in [0.15, 0.2) is 48.5 Å².